The lowest BCUT2D eigenvalue weighted by Crippen LogP contribution is -2.27. The number of methoxy groups -OCH3 is 1. The summed E-state index contributed by atoms with van der Waals surface area (Å²) < 4.78 is 26.3. The second-order valence-electron chi connectivity index (χ2n) is 6.29. The Morgan fingerprint density at radius 2 is 1.33 bits per heavy atom. The van der Waals surface area contributed by atoms with Crippen LogP contribution in [0.25, 0.3) is 0 Å². The fourth-order valence-corrected chi connectivity index (χ4v) is 6.03. The summed E-state index contributed by atoms with van der Waals surface area (Å²) in [4.78, 5) is 0. The molecular weight excluding hydrogens is 355 g/mol. The first kappa shape index (κ1) is 19.3. The molecule has 0 aliphatic carbocycles. The van der Waals surface area contributed by atoms with Crippen molar-refractivity contribution >= 4 is 23.1 Å². The van der Waals surface area contributed by atoms with Crippen molar-refractivity contribution in [1.82, 2.24) is 0 Å². The van der Waals surface area contributed by atoms with Gasteiger partial charge in [0.15, 0.2) is 7.14 Å². The van der Waals surface area contributed by atoms with Gasteiger partial charge in [0.1, 0.15) is 11.5 Å². The summed E-state index contributed by atoms with van der Waals surface area (Å²) in [5.74, 6) is 1.29. The van der Waals surface area contributed by atoms with Crippen LogP contribution in [0.2, 0.25) is 0 Å². The number of unbranched alkanes of at least 4 members (excludes halogenated alkanes) is 1. The monoisotopic (exact) mass is 380 g/mol. The summed E-state index contributed by atoms with van der Waals surface area (Å²) in [5.41, 5.74) is 0. The van der Waals surface area contributed by atoms with Gasteiger partial charge in [-0.1, -0.05) is 67.9 Å². The van der Waals surface area contributed by atoms with Gasteiger partial charge in [-0.3, -0.25) is 0 Å². The molecule has 27 heavy (non-hydrogen) atoms. The van der Waals surface area contributed by atoms with Crippen LogP contribution >= 0.6 is 7.14 Å². The molecule has 0 aliphatic heterocycles. The van der Waals surface area contributed by atoms with E-state index in [1.165, 1.54) is 0 Å². The molecule has 0 fully saturated rings. The molecule has 4 heteroatoms. The molecule has 1 unspecified atom stereocenters. The van der Waals surface area contributed by atoms with Gasteiger partial charge in [-0.05, 0) is 30.7 Å². The molecule has 0 radical (unpaired) electrons. The largest absolute Gasteiger partial charge is 0.496 e. The molecule has 0 heterocycles. The Kier molecular flexibility index (Phi) is 6.36. The van der Waals surface area contributed by atoms with E-state index in [1.807, 2.05) is 78.9 Å². The summed E-state index contributed by atoms with van der Waals surface area (Å²) in [5, 5.41) is 2.16. The van der Waals surface area contributed by atoms with Crippen molar-refractivity contribution in [1.29, 1.82) is 0 Å². The zero-order valence-corrected chi connectivity index (χ0v) is 16.7. The molecule has 3 aromatic carbocycles. The van der Waals surface area contributed by atoms with Gasteiger partial charge < -0.3 is 14.0 Å². The van der Waals surface area contributed by atoms with E-state index in [0.29, 0.717) is 28.7 Å². The average Bonchev–Trinajstić information content (AvgIpc) is 2.74. The molecule has 3 rings (SSSR count). The van der Waals surface area contributed by atoms with Crippen molar-refractivity contribution in [2.45, 2.75) is 19.8 Å². The van der Waals surface area contributed by atoms with Crippen LogP contribution in [-0.2, 0) is 4.57 Å². The maximum absolute atomic E-state index is 14.7. The van der Waals surface area contributed by atoms with Gasteiger partial charge in [0.25, 0.3) is 0 Å². The van der Waals surface area contributed by atoms with E-state index in [2.05, 4.69) is 6.92 Å². The molecule has 1 atom stereocenters. The van der Waals surface area contributed by atoms with E-state index in [-0.39, 0.29) is 0 Å². The Morgan fingerprint density at radius 3 is 1.96 bits per heavy atom. The van der Waals surface area contributed by atoms with Crippen LogP contribution in [-0.4, -0.2) is 13.7 Å². The van der Waals surface area contributed by atoms with Crippen molar-refractivity contribution in [3.8, 4) is 11.5 Å². The first-order valence-corrected chi connectivity index (χ1v) is 10.9. The molecule has 3 aromatic rings. The molecule has 0 saturated carbocycles. The fourth-order valence-electron chi connectivity index (χ4n) is 3.10. The minimum Gasteiger partial charge on any atom is -0.496 e. The molecular formula is C23H25O3P. The number of rotatable bonds is 8. The first-order chi connectivity index (χ1) is 13.2. The number of ether oxygens (including phenoxy) is 2. The minimum absolute atomic E-state index is 0.605. The highest BCUT2D eigenvalue weighted by Crippen LogP contribution is 2.47. The fraction of sp³-hybridized carbons (Fsp3) is 0.217. The second kappa shape index (κ2) is 8.92. The van der Waals surface area contributed by atoms with Crippen molar-refractivity contribution < 1.29 is 14.0 Å². The van der Waals surface area contributed by atoms with E-state index < -0.39 is 7.14 Å². The summed E-state index contributed by atoms with van der Waals surface area (Å²) in [7, 11) is -1.56. The number of hydrogen-bond acceptors (Lipinski definition) is 3. The van der Waals surface area contributed by atoms with Gasteiger partial charge in [-0.25, -0.2) is 0 Å². The van der Waals surface area contributed by atoms with Gasteiger partial charge >= 0.3 is 0 Å². The summed E-state index contributed by atoms with van der Waals surface area (Å²) in [6.45, 7) is 2.73. The molecule has 140 valence electrons. The summed E-state index contributed by atoms with van der Waals surface area (Å²) >= 11 is 0. The van der Waals surface area contributed by atoms with Crippen molar-refractivity contribution in [3.05, 3.63) is 78.9 Å². The average molecular weight is 380 g/mol. The van der Waals surface area contributed by atoms with Gasteiger partial charge in [0.2, 0.25) is 0 Å². The number of hydrogen-bond donors (Lipinski definition) is 0. The highest BCUT2D eigenvalue weighted by molar-refractivity contribution is 7.85. The van der Waals surface area contributed by atoms with Gasteiger partial charge in [-0.2, -0.15) is 0 Å². The second-order valence-corrected chi connectivity index (χ2v) is 8.98. The Bertz CT molecular complexity index is 922. The van der Waals surface area contributed by atoms with Crippen LogP contribution in [0.1, 0.15) is 19.8 Å². The number of benzene rings is 3. The maximum atomic E-state index is 14.7. The third kappa shape index (κ3) is 3.94. The molecule has 0 aromatic heterocycles. The lowest BCUT2D eigenvalue weighted by Gasteiger charge is -2.24. The van der Waals surface area contributed by atoms with Crippen LogP contribution in [0.5, 0.6) is 11.5 Å². The SMILES string of the molecule is CCCCOc1ccccc1P(=O)(c1ccccc1)c1ccccc1OC. The summed E-state index contributed by atoms with van der Waals surface area (Å²) in [6.07, 6.45) is 2.00. The molecule has 0 saturated heterocycles. The van der Waals surface area contributed by atoms with Gasteiger partial charge in [0.05, 0.1) is 24.3 Å². The first-order valence-electron chi connectivity index (χ1n) is 9.23. The molecule has 0 spiro atoms. The minimum atomic E-state index is -3.17. The smallest absolute Gasteiger partial charge is 0.178 e. The molecule has 0 bridgehead atoms. The van der Waals surface area contributed by atoms with Crippen LogP contribution in [0.3, 0.4) is 0 Å². The predicted octanol–water partition coefficient (Wildman–Crippen LogP) is 4.51. The Labute approximate surface area is 161 Å². The van der Waals surface area contributed by atoms with Crippen LogP contribution < -0.4 is 25.4 Å². The molecule has 0 N–H and O–H groups in total. The third-order valence-electron chi connectivity index (χ3n) is 4.50. The van der Waals surface area contributed by atoms with Gasteiger partial charge in [-0.15, -0.1) is 0 Å². The topological polar surface area (TPSA) is 35.5 Å². The van der Waals surface area contributed by atoms with Crippen LogP contribution in [0, 0.1) is 0 Å². The van der Waals surface area contributed by atoms with E-state index in [0.717, 1.165) is 18.1 Å². The lowest BCUT2D eigenvalue weighted by atomic mass is 10.3. The standard InChI is InChI=1S/C23H25O3P/c1-3-4-18-26-21-15-9-11-17-23(21)27(24,19-12-6-5-7-13-19)22-16-10-8-14-20(22)25-2/h5-17H,3-4,18H2,1-2H3. The highest BCUT2D eigenvalue weighted by Gasteiger charge is 2.35. The Morgan fingerprint density at radius 1 is 0.778 bits per heavy atom. The maximum Gasteiger partial charge on any atom is 0.178 e. The highest BCUT2D eigenvalue weighted by atomic mass is 31.2. The Hall–Kier alpha value is -2.51. The van der Waals surface area contributed by atoms with Crippen LogP contribution in [0.4, 0.5) is 0 Å². The van der Waals surface area contributed by atoms with Crippen molar-refractivity contribution in [2.24, 2.45) is 0 Å². The zero-order valence-electron chi connectivity index (χ0n) is 15.8. The molecule has 3 nitrogen and oxygen atoms in total. The summed E-state index contributed by atoms with van der Waals surface area (Å²) in [6, 6.07) is 24.7. The molecule has 0 amide bonds. The van der Waals surface area contributed by atoms with E-state index in [4.69, 9.17) is 9.47 Å². The normalized spacial score (nSPS) is 13.0. The van der Waals surface area contributed by atoms with Crippen molar-refractivity contribution in [2.75, 3.05) is 13.7 Å². The quantitative estimate of drug-likeness (QED) is 0.426. The lowest BCUT2D eigenvalue weighted by molar-refractivity contribution is 0.311. The van der Waals surface area contributed by atoms with Crippen molar-refractivity contribution in [3.63, 3.8) is 0 Å². The predicted molar refractivity (Wildman–Crippen MR) is 113 cm³/mol. The third-order valence-corrected chi connectivity index (χ3v) is 7.63. The zero-order chi connectivity index (χ0) is 19.1. The Balaban J connectivity index is 2.23. The van der Waals surface area contributed by atoms with Crippen LogP contribution in [0.15, 0.2) is 78.9 Å². The van der Waals surface area contributed by atoms with E-state index in [9.17, 15) is 4.57 Å². The number of para-hydroxylation sites is 2. The van der Waals surface area contributed by atoms with E-state index >= 15 is 0 Å². The molecule has 0 aliphatic rings. The van der Waals surface area contributed by atoms with E-state index in [1.54, 1.807) is 7.11 Å². The van der Waals surface area contributed by atoms with Gasteiger partial charge in [0, 0.05) is 5.30 Å².